The van der Waals surface area contributed by atoms with E-state index in [1.165, 1.54) is 0 Å². The lowest BCUT2D eigenvalue weighted by Crippen LogP contribution is -2.40. The number of alkyl halides is 1. The molecule has 0 aromatic rings. The van der Waals surface area contributed by atoms with Crippen molar-refractivity contribution < 1.29 is 14.0 Å². The molecule has 4 heteroatoms. The van der Waals surface area contributed by atoms with Gasteiger partial charge in [0.2, 0.25) is 5.91 Å². The van der Waals surface area contributed by atoms with Crippen LogP contribution in [0.5, 0.6) is 0 Å². The second-order valence-corrected chi connectivity index (χ2v) is 2.99. The van der Waals surface area contributed by atoms with E-state index in [1.807, 2.05) is 0 Å². The minimum absolute atomic E-state index is 0.241. The number of hydrogen-bond donors (Lipinski definition) is 0. The molecule has 13 heavy (non-hydrogen) atoms. The Morgan fingerprint density at radius 2 is 2.31 bits per heavy atom. The lowest BCUT2D eigenvalue weighted by atomic mass is 10.2. The van der Waals surface area contributed by atoms with Crippen LogP contribution in [-0.2, 0) is 9.59 Å². The highest BCUT2D eigenvalue weighted by Gasteiger charge is 2.29. The quantitative estimate of drug-likeness (QED) is 0.457. The fourth-order valence-electron chi connectivity index (χ4n) is 1.35. The summed E-state index contributed by atoms with van der Waals surface area (Å²) in [6, 6.07) is 0. The van der Waals surface area contributed by atoms with Crippen molar-refractivity contribution in [2.24, 2.45) is 0 Å². The molecule has 0 radical (unpaired) electrons. The molecule has 2 amide bonds. The summed E-state index contributed by atoms with van der Waals surface area (Å²) in [5.41, 5.74) is 0. The zero-order valence-electron chi connectivity index (χ0n) is 7.33. The molecule has 0 aromatic carbocycles. The largest absolute Gasteiger partial charge is 0.274 e. The number of nitrogens with zero attached hydrogens (tertiary/aromatic N) is 1. The lowest BCUT2D eigenvalue weighted by Gasteiger charge is -2.20. The van der Waals surface area contributed by atoms with Gasteiger partial charge in [-0.2, -0.15) is 0 Å². The third-order valence-corrected chi connectivity index (χ3v) is 2.04. The van der Waals surface area contributed by atoms with Gasteiger partial charge in [0.25, 0.3) is 5.91 Å². The maximum Gasteiger partial charge on any atom is 0.254 e. The maximum atomic E-state index is 13.2. The van der Waals surface area contributed by atoms with Gasteiger partial charge < -0.3 is 0 Å². The molecule has 3 nitrogen and oxygen atoms in total. The van der Waals surface area contributed by atoms with Gasteiger partial charge in [-0.25, -0.2) is 9.29 Å². The van der Waals surface area contributed by atoms with Crippen molar-refractivity contribution >= 4 is 11.8 Å². The van der Waals surface area contributed by atoms with E-state index in [9.17, 15) is 14.0 Å². The van der Waals surface area contributed by atoms with Gasteiger partial charge in [-0.05, 0) is 25.3 Å². The standard InChI is InChI=1S/C9H12FNO2/c1-2-8(12)11-7(10)5-3-4-6-9(11)13/h2,7H,1,3-6H2. The summed E-state index contributed by atoms with van der Waals surface area (Å²) in [5, 5.41) is 0. The Bertz CT molecular complexity index is 240. The Balaban J connectivity index is 2.80. The van der Waals surface area contributed by atoms with Crippen LogP contribution in [0, 0.1) is 0 Å². The first kappa shape index (κ1) is 9.89. The highest BCUT2D eigenvalue weighted by Crippen LogP contribution is 2.18. The van der Waals surface area contributed by atoms with Gasteiger partial charge >= 0.3 is 0 Å². The van der Waals surface area contributed by atoms with Crippen LogP contribution in [0.4, 0.5) is 4.39 Å². The number of rotatable bonds is 1. The Labute approximate surface area is 76.2 Å². The van der Waals surface area contributed by atoms with Crippen molar-refractivity contribution in [2.45, 2.75) is 32.0 Å². The van der Waals surface area contributed by atoms with E-state index in [4.69, 9.17) is 0 Å². The van der Waals surface area contributed by atoms with Gasteiger partial charge in [0, 0.05) is 6.42 Å². The zero-order chi connectivity index (χ0) is 9.84. The average molecular weight is 185 g/mol. The van der Waals surface area contributed by atoms with Crippen molar-refractivity contribution in [2.75, 3.05) is 0 Å². The molecule has 1 aliphatic heterocycles. The van der Waals surface area contributed by atoms with E-state index in [2.05, 4.69) is 6.58 Å². The van der Waals surface area contributed by atoms with Gasteiger partial charge in [-0.15, -0.1) is 0 Å². The van der Waals surface area contributed by atoms with Crippen LogP contribution in [0.1, 0.15) is 25.7 Å². The predicted octanol–water partition coefficient (Wildman–Crippen LogP) is 1.40. The van der Waals surface area contributed by atoms with Crippen LogP contribution in [0.2, 0.25) is 0 Å². The van der Waals surface area contributed by atoms with Gasteiger partial charge in [0.05, 0.1) is 0 Å². The third-order valence-electron chi connectivity index (χ3n) is 2.04. The molecular weight excluding hydrogens is 173 g/mol. The number of likely N-dealkylation sites (tertiary alicyclic amines) is 1. The Hall–Kier alpha value is -1.19. The molecule has 0 spiro atoms. The van der Waals surface area contributed by atoms with E-state index in [0.717, 1.165) is 6.08 Å². The van der Waals surface area contributed by atoms with Crippen LogP contribution in [0.15, 0.2) is 12.7 Å². The average Bonchev–Trinajstić information content (AvgIpc) is 2.27. The van der Waals surface area contributed by atoms with E-state index in [1.54, 1.807) is 0 Å². The summed E-state index contributed by atoms with van der Waals surface area (Å²) in [6.45, 7) is 3.23. The second-order valence-electron chi connectivity index (χ2n) is 2.99. The van der Waals surface area contributed by atoms with E-state index in [-0.39, 0.29) is 12.8 Å². The molecule has 1 atom stereocenters. The highest BCUT2D eigenvalue weighted by atomic mass is 19.1. The smallest absolute Gasteiger partial charge is 0.254 e. The zero-order valence-corrected chi connectivity index (χ0v) is 7.33. The van der Waals surface area contributed by atoms with Crippen molar-refractivity contribution in [3.8, 4) is 0 Å². The molecule has 0 saturated carbocycles. The molecule has 1 saturated heterocycles. The summed E-state index contributed by atoms with van der Waals surface area (Å²) in [4.78, 5) is 23.0. The van der Waals surface area contributed by atoms with Gasteiger partial charge in [0.1, 0.15) is 0 Å². The summed E-state index contributed by atoms with van der Waals surface area (Å²) in [7, 11) is 0. The summed E-state index contributed by atoms with van der Waals surface area (Å²) < 4.78 is 13.2. The SMILES string of the molecule is C=CC(=O)N1C(=O)CCCCC1F. The van der Waals surface area contributed by atoms with E-state index in [0.29, 0.717) is 17.7 Å². The Morgan fingerprint density at radius 3 is 2.92 bits per heavy atom. The predicted molar refractivity (Wildman–Crippen MR) is 45.4 cm³/mol. The molecule has 0 N–H and O–H groups in total. The summed E-state index contributed by atoms with van der Waals surface area (Å²) >= 11 is 0. The molecule has 1 unspecified atom stereocenters. The summed E-state index contributed by atoms with van der Waals surface area (Å²) in [5.74, 6) is -1.07. The molecular formula is C9H12FNO2. The van der Waals surface area contributed by atoms with Crippen molar-refractivity contribution in [3.05, 3.63) is 12.7 Å². The first-order valence-electron chi connectivity index (χ1n) is 4.29. The minimum Gasteiger partial charge on any atom is -0.274 e. The topological polar surface area (TPSA) is 37.4 Å². The number of carbonyl (C=O) groups is 2. The molecule has 72 valence electrons. The Morgan fingerprint density at radius 1 is 1.62 bits per heavy atom. The monoisotopic (exact) mass is 185 g/mol. The molecule has 0 aromatic heterocycles. The van der Waals surface area contributed by atoms with Gasteiger partial charge in [0.15, 0.2) is 6.30 Å². The number of amides is 2. The van der Waals surface area contributed by atoms with Gasteiger partial charge in [-0.3, -0.25) is 9.59 Å². The molecule has 1 rings (SSSR count). The van der Waals surface area contributed by atoms with Crippen LogP contribution in [-0.4, -0.2) is 23.0 Å². The fraction of sp³-hybridized carbons (Fsp3) is 0.556. The molecule has 1 heterocycles. The fourth-order valence-corrected chi connectivity index (χ4v) is 1.35. The summed E-state index contributed by atoms with van der Waals surface area (Å²) in [6.07, 6.45) is 1.29. The Kier molecular flexibility index (Phi) is 3.17. The van der Waals surface area contributed by atoms with E-state index >= 15 is 0 Å². The second kappa shape index (κ2) is 4.16. The number of hydrogen-bond acceptors (Lipinski definition) is 2. The van der Waals surface area contributed by atoms with Crippen LogP contribution < -0.4 is 0 Å². The number of imide groups is 1. The molecule has 0 bridgehead atoms. The van der Waals surface area contributed by atoms with Crippen LogP contribution in [0.3, 0.4) is 0 Å². The molecule has 1 fully saturated rings. The van der Waals surface area contributed by atoms with Crippen molar-refractivity contribution in [1.29, 1.82) is 0 Å². The number of halogens is 1. The normalized spacial score (nSPS) is 23.9. The first-order chi connectivity index (χ1) is 6.16. The maximum absolute atomic E-state index is 13.2. The minimum atomic E-state index is -1.47. The third kappa shape index (κ3) is 2.14. The first-order valence-corrected chi connectivity index (χ1v) is 4.29. The molecule has 0 aliphatic carbocycles. The van der Waals surface area contributed by atoms with Crippen LogP contribution >= 0.6 is 0 Å². The van der Waals surface area contributed by atoms with Crippen molar-refractivity contribution in [1.82, 2.24) is 4.90 Å². The lowest BCUT2D eigenvalue weighted by molar-refractivity contribution is -0.148. The number of carbonyl (C=O) groups excluding carboxylic acids is 2. The van der Waals surface area contributed by atoms with E-state index < -0.39 is 18.1 Å². The highest BCUT2D eigenvalue weighted by molar-refractivity contribution is 6.00. The van der Waals surface area contributed by atoms with Crippen molar-refractivity contribution in [3.63, 3.8) is 0 Å². The van der Waals surface area contributed by atoms with Gasteiger partial charge in [-0.1, -0.05) is 6.58 Å². The van der Waals surface area contributed by atoms with Crippen LogP contribution in [0.25, 0.3) is 0 Å². The molecule has 1 aliphatic rings.